The lowest BCUT2D eigenvalue weighted by molar-refractivity contribution is 0.419. The van der Waals surface area contributed by atoms with Gasteiger partial charge >= 0.3 is 0 Å². The number of nitrogens with zero attached hydrogens (tertiary/aromatic N) is 1. The highest BCUT2D eigenvalue weighted by Gasteiger charge is 2.18. The van der Waals surface area contributed by atoms with Gasteiger partial charge in [-0.3, -0.25) is 4.98 Å². The Kier molecular flexibility index (Phi) is 6.14. The van der Waals surface area contributed by atoms with E-state index in [1.807, 2.05) is 42.5 Å². The molecule has 0 saturated carbocycles. The lowest BCUT2D eigenvalue weighted by Gasteiger charge is -2.24. The zero-order valence-electron chi connectivity index (χ0n) is 17.8. The Labute approximate surface area is 188 Å². The minimum Gasteiger partial charge on any atom is -0.494 e. The Hall–Kier alpha value is -3.44. The number of nitrogens with one attached hydrogen (secondary N) is 2. The molecule has 0 spiro atoms. The Balaban J connectivity index is 1.65. The molecule has 1 unspecified atom stereocenters. The molecule has 4 nitrogen and oxygen atoms in total. The van der Waals surface area contributed by atoms with E-state index in [-0.39, 0.29) is 6.04 Å². The number of benzene rings is 3. The highest BCUT2D eigenvalue weighted by molar-refractivity contribution is 7.80. The van der Waals surface area contributed by atoms with Crippen LogP contribution in [0.5, 0.6) is 5.75 Å². The van der Waals surface area contributed by atoms with Crippen LogP contribution in [0.3, 0.4) is 0 Å². The van der Waals surface area contributed by atoms with Gasteiger partial charge in [0.15, 0.2) is 5.11 Å². The summed E-state index contributed by atoms with van der Waals surface area (Å²) in [6.07, 6.45) is 1.76. The third kappa shape index (κ3) is 4.52. The third-order valence-corrected chi connectivity index (χ3v) is 5.57. The second-order valence-corrected chi connectivity index (χ2v) is 7.93. The summed E-state index contributed by atoms with van der Waals surface area (Å²) in [6.45, 7) is 4.25. The van der Waals surface area contributed by atoms with Crippen molar-refractivity contribution in [2.75, 3.05) is 12.4 Å². The van der Waals surface area contributed by atoms with E-state index in [0.29, 0.717) is 5.11 Å². The van der Waals surface area contributed by atoms with Gasteiger partial charge in [-0.15, -0.1) is 0 Å². The van der Waals surface area contributed by atoms with Crippen LogP contribution in [0.2, 0.25) is 0 Å². The molecule has 0 aliphatic heterocycles. The molecule has 1 heterocycles. The Morgan fingerprint density at radius 2 is 1.77 bits per heavy atom. The molecule has 0 amide bonds. The molecule has 0 bridgehead atoms. The van der Waals surface area contributed by atoms with E-state index in [1.165, 1.54) is 16.7 Å². The molecule has 0 aliphatic rings. The molecule has 1 aromatic heterocycles. The number of aryl methyl sites for hydroxylation is 2. The largest absolute Gasteiger partial charge is 0.494 e. The predicted molar refractivity (Wildman–Crippen MR) is 132 cm³/mol. The number of anilines is 1. The van der Waals surface area contributed by atoms with Crippen LogP contribution >= 0.6 is 12.2 Å². The number of ether oxygens (including phenoxy) is 1. The number of hydrogen-bond donors (Lipinski definition) is 2. The average Bonchev–Trinajstić information content (AvgIpc) is 2.79. The number of pyridine rings is 1. The lowest BCUT2D eigenvalue weighted by Crippen LogP contribution is -2.33. The first-order valence-corrected chi connectivity index (χ1v) is 10.6. The van der Waals surface area contributed by atoms with Gasteiger partial charge in [0, 0.05) is 17.3 Å². The van der Waals surface area contributed by atoms with E-state index >= 15 is 0 Å². The van der Waals surface area contributed by atoms with Crippen molar-refractivity contribution in [3.05, 3.63) is 101 Å². The summed E-state index contributed by atoms with van der Waals surface area (Å²) in [5.74, 6) is 0.734. The van der Waals surface area contributed by atoms with E-state index in [1.54, 1.807) is 13.3 Å². The van der Waals surface area contributed by atoms with Gasteiger partial charge in [0.2, 0.25) is 0 Å². The number of fused-ring (bicyclic) bond motifs is 1. The van der Waals surface area contributed by atoms with Crippen molar-refractivity contribution in [1.29, 1.82) is 0 Å². The van der Waals surface area contributed by atoms with E-state index in [0.717, 1.165) is 27.9 Å². The van der Waals surface area contributed by atoms with Gasteiger partial charge in [-0.25, -0.2) is 0 Å². The van der Waals surface area contributed by atoms with Gasteiger partial charge in [-0.1, -0.05) is 54.1 Å². The number of aromatic nitrogens is 1. The normalized spacial score (nSPS) is 11.7. The van der Waals surface area contributed by atoms with Crippen molar-refractivity contribution in [2.24, 2.45) is 0 Å². The predicted octanol–water partition coefficient (Wildman–Crippen LogP) is 5.94. The maximum atomic E-state index is 5.73. The molecule has 156 valence electrons. The van der Waals surface area contributed by atoms with Crippen molar-refractivity contribution in [1.82, 2.24) is 10.3 Å². The van der Waals surface area contributed by atoms with Crippen molar-refractivity contribution < 1.29 is 4.74 Å². The van der Waals surface area contributed by atoms with Crippen LogP contribution in [0.4, 0.5) is 5.69 Å². The van der Waals surface area contributed by atoms with Gasteiger partial charge in [0.05, 0.1) is 13.2 Å². The third-order valence-electron chi connectivity index (χ3n) is 5.35. The monoisotopic (exact) mass is 427 g/mol. The second-order valence-electron chi connectivity index (χ2n) is 7.52. The van der Waals surface area contributed by atoms with Gasteiger partial charge < -0.3 is 15.4 Å². The lowest BCUT2D eigenvalue weighted by atomic mass is 9.94. The van der Waals surface area contributed by atoms with Crippen LogP contribution in [0.15, 0.2) is 79.0 Å². The fraction of sp³-hybridized carbons (Fsp3) is 0.154. The fourth-order valence-corrected chi connectivity index (χ4v) is 4.07. The van der Waals surface area contributed by atoms with Crippen LogP contribution < -0.4 is 15.4 Å². The molecule has 0 radical (unpaired) electrons. The summed E-state index contributed by atoms with van der Waals surface area (Å²) in [5.41, 5.74) is 6.50. The van der Waals surface area contributed by atoms with E-state index in [4.69, 9.17) is 17.0 Å². The van der Waals surface area contributed by atoms with Gasteiger partial charge in [0.1, 0.15) is 11.3 Å². The summed E-state index contributed by atoms with van der Waals surface area (Å²) in [4.78, 5) is 4.47. The van der Waals surface area contributed by atoms with Gasteiger partial charge in [0.25, 0.3) is 0 Å². The first kappa shape index (κ1) is 20.8. The van der Waals surface area contributed by atoms with Crippen LogP contribution in [0.25, 0.3) is 10.9 Å². The van der Waals surface area contributed by atoms with Crippen molar-refractivity contribution >= 4 is 33.9 Å². The molecule has 0 aliphatic carbocycles. The summed E-state index contributed by atoms with van der Waals surface area (Å²) in [5, 5.41) is 8.38. The molecular formula is C26H25N3OS. The maximum Gasteiger partial charge on any atom is 0.171 e. The highest BCUT2D eigenvalue weighted by Crippen LogP contribution is 2.30. The molecule has 3 aromatic carbocycles. The van der Waals surface area contributed by atoms with E-state index in [2.05, 4.69) is 59.8 Å². The number of methoxy groups -OCH3 is 1. The molecule has 0 fully saturated rings. The molecule has 4 rings (SSSR count). The highest BCUT2D eigenvalue weighted by atomic mass is 32.1. The van der Waals surface area contributed by atoms with Crippen molar-refractivity contribution in [2.45, 2.75) is 19.9 Å². The summed E-state index contributed by atoms with van der Waals surface area (Å²) >= 11 is 5.73. The average molecular weight is 428 g/mol. The van der Waals surface area contributed by atoms with Crippen LogP contribution in [-0.4, -0.2) is 17.2 Å². The molecule has 2 N–H and O–H groups in total. The number of thiocarbonyl (C=S) groups is 1. The van der Waals surface area contributed by atoms with Crippen molar-refractivity contribution in [3.63, 3.8) is 0 Å². The van der Waals surface area contributed by atoms with E-state index < -0.39 is 0 Å². The molecular weight excluding hydrogens is 402 g/mol. The minimum atomic E-state index is -0.0653. The molecule has 4 aromatic rings. The SMILES string of the molecule is COc1ccc(NC(=S)NC(c2ccccc2)c2ccc(C)cc2C)c2cccnc12. The Morgan fingerprint density at radius 3 is 2.52 bits per heavy atom. The molecule has 31 heavy (non-hydrogen) atoms. The first-order chi connectivity index (χ1) is 15.1. The zero-order valence-corrected chi connectivity index (χ0v) is 18.7. The summed E-state index contributed by atoms with van der Waals surface area (Å²) in [7, 11) is 1.65. The maximum absolute atomic E-state index is 5.73. The minimum absolute atomic E-state index is 0.0653. The molecule has 1 atom stereocenters. The van der Waals surface area contributed by atoms with Crippen molar-refractivity contribution in [3.8, 4) is 5.75 Å². The van der Waals surface area contributed by atoms with E-state index in [9.17, 15) is 0 Å². The van der Waals surface area contributed by atoms with Crippen LogP contribution in [0, 0.1) is 13.8 Å². The number of hydrogen-bond acceptors (Lipinski definition) is 3. The van der Waals surface area contributed by atoms with Crippen LogP contribution in [0.1, 0.15) is 28.3 Å². The Morgan fingerprint density at radius 1 is 0.968 bits per heavy atom. The number of rotatable bonds is 5. The Bertz CT molecular complexity index is 1220. The zero-order chi connectivity index (χ0) is 21.8. The quantitative estimate of drug-likeness (QED) is 0.386. The van der Waals surface area contributed by atoms with Crippen LogP contribution in [-0.2, 0) is 0 Å². The van der Waals surface area contributed by atoms with Gasteiger partial charge in [-0.2, -0.15) is 0 Å². The molecule has 5 heteroatoms. The first-order valence-electron chi connectivity index (χ1n) is 10.2. The standard InChI is InChI=1S/C26H25N3OS/c1-17-11-12-20(18(2)16-17)24(19-8-5-4-6-9-19)29-26(31)28-22-13-14-23(30-3)25-21(22)10-7-15-27-25/h4-16,24H,1-3H3,(H2,28,29,31). The fourth-order valence-electron chi connectivity index (χ4n) is 3.85. The summed E-state index contributed by atoms with van der Waals surface area (Å²) in [6, 6.07) is 24.6. The smallest absolute Gasteiger partial charge is 0.171 e. The second kappa shape index (κ2) is 9.14. The topological polar surface area (TPSA) is 46.2 Å². The van der Waals surface area contributed by atoms with Gasteiger partial charge in [-0.05, 0) is 67.0 Å². The molecule has 0 saturated heterocycles. The summed E-state index contributed by atoms with van der Waals surface area (Å²) < 4.78 is 5.45.